The largest absolute Gasteiger partial charge is 0.439 e. The van der Waals surface area contributed by atoms with E-state index in [0.29, 0.717) is 11.1 Å². The molecule has 6 heteroatoms. The van der Waals surface area contributed by atoms with Crippen molar-refractivity contribution in [3.63, 3.8) is 0 Å². The Morgan fingerprint density at radius 1 is 0.743 bits per heavy atom. The first-order valence-electron chi connectivity index (χ1n) is 11.4. The number of fused-ring (bicyclic) bond motifs is 5. The third-order valence-electron chi connectivity index (χ3n) is 7.14. The van der Waals surface area contributed by atoms with Gasteiger partial charge in [-0.15, -0.1) is 0 Å². The number of benzene rings is 4. The number of para-hydroxylation sites is 2. The zero-order valence-electron chi connectivity index (χ0n) is 19.0. The van der Waals surface area contributed by atoms with Crippen LogP contribution >= 0.6 is 0 Å². The molecule has 7 aromatic rings. The summed E-state index contributed by atoms with van der Waals surface area (Å²) < 4.78 is 46.0. The van der Waals surface area contributed by atoms with E-state index >= 15 is 0 Å². The zero-order chi connectivity index (χ0) is 24.1. The molecule has 0 bridgehead atoms. The smallest absolute Gasteiger partial charge is 0.302 e. The van der Waals surface area contributed by atoms with Gasteiger partial charge in [-0.1, -0.05) is 65.3 Å². The maximum atomic E-state index is 14.1. The molecule has 0 N–H and O–H groups in total. The molecule has 0 aliphatic carbocycles. The maximum Gasteiger partial charge on any atom is 0.439 e. The van der Waals surface area contributed by atoms with Crippen LogP contribution in [0.3, 0.4) is 0 Å². The number of alkyl halides is 3. The Morgan fingerprint density at radius 2 is 1.37 bits per heavy atom. The highest BCUT2D eigenvalue weighted by Gasteiger charge is 2.40. The summed E-state index contributed by atoms with van der Waals surface area (Å²) in [6, 6.07) is 25.4. The van der Waals surface area contributed by atoms with Crippen LogP contribution in [0.5, 0.6) is 0 Å². The molecule has 3 nitrogen and oxygen atoms in total. The van der Waals surface area contributed by atoms with Gasteiger partial charge in [-0.2, -0.15) is 13.2 Å². The molecular weight excluding hydrogens is 447 g/mol. The predicted octanol–water partition coefficient (Wildman–Crippen LogP) is 7.20. The number of aromatic nitrogens is 3. The van der Waals surface area contributed by atoms with Gasteiger partial charge in [-0.25, -0.2) is 0 Å². The van der Waals surface area contributed by atoms with Crippen LogP contribution in [0.25, 0.3) is 60.1 Å². The molecule has 0 amide bonds. The highest BCUT2D eigenvalue weighted by molar-refractivity contribution is 6.18. The van der Waals surface area contributed by atoms with Crippen molar-refractivity contribution in [3.05, 3.63) is 90.1 Å². The van der Waals surface area contributed by atoms with Gasteiger partial charge in [0.15, 0.2) is 7.05 Å². The molecule has 0 spiro atoms. The molecular formula is C29H19F3N3+. The van der Waals surface area contributed by atoms with Crippen LogP contribution in [-0.4, -0.2) is 9.50 Å². The number of rotatable bonds is 1. The van der Waals surface area contributed by atoms with Crippen LogP contribution in [0.15, 0.2) is 78.9 Å². The average Bonchev–Trinajstić information content (AvgIpc) is 3.33. The zero-order valence-corrected chi connectivity index (χ0v) is 19.0. The van der Waals surface area contributed by atoms with E-state index in [-0.39, 0.29) is 5.39 Å². The van der Waals surface area contributed by atoms with E-state index in [2.05, 4.69) is 33.8 Å². The minimum atomic E-state index is -4.58. The third-order valence-corrected chi connectivity index (χ3v) is 7.14. The molecule has 3 aromatic heterocycles. The molecule has 0 saturated heterocycles. The monoisotopic (exact) mass is 466 g/mol. The topological polar surface area (TPSA) is 21.2 Å². The first-order valence-corrected chi connectivity index (χ1v) is 11.4. The number of halogens is 3. The van der Waals surface area contributed by atoms with E-state index in [9.17, 15) is 13.2 Å². The Labute approximate surface area is 198 Å². The van der Waals surface area contributed by atoms with Crippen molar-refractivity contribution >= 4 is 48.7 Å². The number of aryl methyl sites for hydroxylation is 2. The molecule has 7 rings (SSSR count). The molecule has 0 fully saturated rings. The van der Waals surface area contributed by atoms with Gasteiger partial charge in [0.1, 0.15) is 5.69 Å². The van der Waals surface area contributed by atoms with Gasteiger partial charge >= 0.3 is 6.18 Å². The van der Waals surface area contributed by atoms with Gasteiger partial charge in [0.2, 0.25) is 5.69 Å². The van der Waals surface area contributed by atoms with Crippen molar-refractivity contribution in [3.8, 4) is 11.4 Å². The summed E-state index contributed by atoms with van der Waals surface area (Å²) in [4.78, 5) is 0. The molecule has 4 aromatic carbocycles. The molecule has 0 radical (unpaired) electrons. The highest BCUT2D eigenvalue weighted by Crippen LogP contribution is 2.43. The van der Waals surface area contributed by atoms with E-state index < -0.39 is 11.9 Å². The lowest BCUT2D eigenvalue weighted by Gasteiger charge is -2.12. The molecule has 0 unspecified atom stereocenters. The highest BCUT2D eigenvalue weighted by atomic mass is 19.4. The fourth-order valence-corrected chi connectivity index (χ4v) is 5.68. The van der Waals surface area contributed by atoms with Crippen molar-refractivity contribution in [1.29, 1.82) is 0 Å². The van der Waals surface area contributed by atoms with Gasteiger partial charge in [0.25, 0.3) is 5.69 Å². The van der Waals surface area contributed by atoms with Crippen molar-refractivity contribution in [2.24, 2.45) is 7.05 Å². The van der Waals surface area contributed by atoms with Crippen LogP contribution in [0.2, 0.25) is 0 Å². The first-order chi connectivity index (χ1) is 16.8. The van der Waals surface area contributed by atoms with Gasteiger partial charge in [-0.05, 0) is 41.5 Å². The molecule has 0 saturated carbocycles. The lowest BCUT2D eigenvalue weighted by atomic mass is 9.99. The Balaban J connectivity index is 1.74. The summed E-state index contributed by atoms with van der Waals surface area (Å²) in [6.07, 6.45) is -4.58. The second kappa shape index (κ2) is 6.69. The minimum Gasteiger partial charge on any atom is -0.302 e. The van der Waals surface area contributed by atoms with E-state index in [0.717, 1.165) is 49.2 Å². The summed E-state index contributed by atoms with van der Waals surface area (Å²) in [5, 5.41) is 9.70. The van der Waals surface area contributed by atoms with Crippen LogP contribution in [0.1, 0.15) is 11.3 Å². The Morgan fingerprint density at radius 3 is 2.11 bits per heavy atom. The summed E-state index contributed by atoms with van der Waals surface area (Å²) in [5.41, 5.74) is 3.77. The predicted molar refractivity (Wildman–Crippen MR) is 133 cm³/mol. The molecule has 3 heterocycles. The SMILES string of the molecule is Cc1c(-c2c3cc4ccccc4cc3c(C(F)(F)F)n[n+]2C)n2c3ccccc3c3cccc1c32. The first kappa shape index (κ1) is 20.2. The Kier molecular flexibility index (Phi) is 3.86. The normalized spacial score (nSPS) is 12.7. The Bertz CT molecular complexity index is 1960. The van der Waals surface area contributed by atoms with Crippen molar-refractivity contribution in [2.75, 3.05) is 0 Å². The quantitative estimate of drug-likeness (QED) is 0.185. The van der Waals surface area contributed by atoms with Crippen molar-refractivity contribution in [1.82, 2.24) is 9.50 Å². The number of hydrogen-bond donors (Lipinski definition) is 0. The second-order valence-corrected chi connectivity index (χ2v) is 9.09. The van der Waals surface area contributed by atoms with Crippen LogP contribution in [-0.2, 0) is 13.2 Å². The number of hydrogen-bond acceptors (Lipinski definition) is 1. The lowest BCUT2D eigenvalue weighted by Crippen LogP contribution is -2.39. The van der Waals surface area contributed by atoms with Gasteiger partial charge < -0.3 is 4.40 Å². The molecule has 0 aliphatic rings. The standard InChI is InChI=1S/C29H19F3N3/c1-16-19-11-7-12-21-20-10-5-6-13-24(20)35(26(19)21)25(16)27-22-14-17-8-3-4-9-18(17)15-23(22)28(29(30,31)32)33-34(27)2/h3-15H,1-2H3/q+1. The van der Waals surface area contributed by atoms with Gasteiger partial charge in [0.05, 0.1) is 16.4 Å². The van der Waals surface area contributed by atoms with E-state index in [1.807, 2.05) is 55.5 Å². The van der Waals surface area contributed by atoms with Gasteiger partial charge in [-0.3, -0.25) is 0 Å². The third kappa shape index (κ3) is 2.62. The molecule has 0 atom stereocenters. The van der Waals surface area contributed by atoms with E-state index in [4.69, 9.17) is 0 Å². The van der Waals surface area contributed by atoms with Crippen molar-refractivity contribution < 1.29 is 17.9 Å². The lowest BCUT2D eigenvalue weighted by molar-refractivity contribution is -0.720. The molecule has 0 aliphatic heterocycles. The second-order valence-electron chi connectivity index (χ2n) is 9.09. The fourth-order valence-electron chi connectivity index (χ4n) is 5.68. The molecule has 35 heavy (non-hydrogen) atoms. The van der Waals surface area contributed by atoms with E-state index in [1.165, 1.54) is 4.68 Å². The van der Waals surface area contributed by atoms with Gasteiger partial charge in [0, 0.05) is 26.6 Å². The summed E-state index contributed by atoms with van der Waals surface area (Å²) in [7, 11) is 1.60. The number of nitrogens with zero attached hydrogens (tertiary/aromatic N) is 3. The molecule has 170 valence electrons. The van der Waals surface area contributed by atoms with Crippen LogP contribution < -0.4 is 4.68 Å². The summed E-state index contributed by atoms with van der Waals surface area (Å²) >= 11 is 0. The summed E-state index contributed by atoms with van der Waals surface area (Å²) in [6.45, 7) is 2.04. The average molecular weight is 466 g/mol. The van der Waals surface area contributed by atoms with Crippen LogP contribution in [0, 0.1) is 6.92 Å². The minimum absolute atomic E-state index is 0.105. The van der Waals surface area contributed by atoms with Crippen molar-refractivity contribution in [2.45, 2.75) is 13.1 Å². The fraction of sp³-hybridized carbons (Fsp3) is 0.103. The van der Waals surface area contributed by atoms with Crippen LogP contribution in [0.4, 0.5) is 13.2 Å². The van der Waals surface area contributed by atoms with E-state index in [1.54, 1.807) is 13.1 Å². The summed E-state index contributed by atoms with van der Waals surface area (Å²) in [5.74, 6) is 0. The maximum absolute atomic E-state index is 14.1. The Hall–Kier alpha value is -4.19.